The fourth-order valence-electron chi connectivity index (χ4n) is 4.22. The van der Waals surface area contributed by atoms with Gasteiger partial charge < -0.3 is 15.0 Å². The van der Waals surface area contributed by atoms with E-state index in [4.69, 9.17) is 9.72 Å². The number of nitro groups is 1. The first-order valence-corrected chi connectivity index (χ1v) is 11.3. The predicted molar refractivity (Wildman–Crippen MR) is 131 cm³/mol. The maximum atomic E-state index is 13.1. The van der Waals surface area contributed by atoms with Crippen LogP contribution in [0.3, 0.4) is 0 Å². The van der Waals surface area contributed by atoms with Crippen LogP contribution in [0.4, 0.5) is 11.4 Å². The Bertz CT molecular complexity index is 1230. The summed E-state index contributed by atoms with van der Waals surface area (Å²) in [5.41, 5.74) is 3.11. The molecule has 2 heterocycles. The Hall–Kier alpha value is -4.27. The Morgan fingerprint density at radius 3 is 2.29 bits per heavy atom. The summed E-state index contributed by atoms with van der Waals surface area (Å²) in [6.07, 6.45) is 1.33. The van der Waals surface area contributed by atoms with Gasteiger partial charge >= 0.3 is 0 Å². The van der Waals surface area contributed by atoms with Crippen LogP contribution in [0.1, 0.15) is 50.9 Å². The molecule has 0 spiro atoms. The molecule has 1 aliphatic heterocycles. The van der Waals surface area contributed by atoms with Crippen LogP contribution in [0.5, 0.6) is 5.75 Å². The molecule has 0 bridgehead atoms. The molecule has 0 saturated carbocycles. The van der Waals surface area contributed by atoms with Crippen molar-refractivity contribution >= 4 is 23.2 Å². The van der Waals surface area contributed by atoms with Gasteiger partial charge in [-0.1, -0.05) is 0 Å². The van der Waals surface area contributed by atoms with Gasteiger partial charge in [0.25, 0.3) is 17.5 Å². The average Bonchev–Trinajstić information content (AvgIpc) is 2.88. The van der Waals surface area contributed by atoms with E-state index in [-0.39, 0.29) is 23.4 Å². The number of ether oxygens (including phenoxy) is 1. The van der Waals surface area contributed by atoms with Crippen LogP contribution in [0.15, 0.2) is 60.7 Å². The molecular weight excluding hydrogens is 448 g/mol. The van der Waals surface area contributed by atoms with Gasteiger partial charge in [0, 0.05) is 48.1 Å². The van der Waals surface area contributed by atoms with Crippen LogP contribution in [0.2, 0.25) is 0 Å². The van der Waals surface area contributed by atoms with E-state index in [2.05, 4.69) is 5.32 Å². The molecule has 0 atom stereocenters. The van der Waals surface area contributed by atoms with E-state index in [9.17, 15) is 19.7 Å². The van der Waals surface area contributed by atoms with E-state index in [1.807, 2.05) is 13.0 Å². The number of rotatable bonds is 6. The summed E-state index contributed by atoms with van der Waals surface area (Å²) >= 11 is 0. The SMILES string of the molecule is COc1ccc(NC(=O)c2ccc(C)nc2C2CCN(C(=O)c3ccc([N+](=O)[O-])cc3)CC2)cc1. The number of nitro benzene ring substituents is 1. The second-order valence-electron chi connectivity index (χ2n) is 8.44. The molecule has 1 fully saturated rings. The van der Waals surface area contributed by atoms with Crippen LogP contribution < -0.4 is 10.1 Å². The Labute approximate surface area is 202 Å². The fourth-order valence-corrected chi connectivity index (χ4v) is 4.22. The number of pyridine rings is 1. The molecule has 0 unspecified atom stereocenters. The molecule has 3 aromatic rings. The molecule has 1 aliphatic rings. The monoisotopic (exact) mass is 474 g/mol. The van der Waals surface area contributed by atoms with Gasteiger partial charge in [-0.05, 0) is 68.3 Å². The van der Waals surface area contributed by atoms with Crippen LogP contribution in [-0.4, -0.2) is 46.8 Å². The Morgan fingerprint density at radius 2 is 1.69 bits per heavy atom. The highest BCUT2D eigenvalue weighted by atomic mass is 16.6. The Morgan fingerprint density at radius 1 is 1.03 bits per heavy atom. The third-order valence-corrected chi connectivity index (χ3v) is 6.15. The normalized spacial score (nSPS) is 13.8. The standard InChI is InChI=1S/C26H26N4O5/c1-17-3-12-23(25(31)28-20-6-10-22(35-2)11-7-20)24(27-17)18-13-15-29(16-14-18)26(32)19-4-8-21(9-5-19)30(33)34/h3-12,18H,13-16H2,1-2H3,(H,28,31). The average molecular weight is 475 g/mol. The highest BCUT2D eigenvalue weighted by Gasteiger charge is 2.28. The van der Waals surface area contributed by atoms with Crippen molar-refractivity contribution in [3.05, 3.63) is 93.3 Å². The van der Waals surface area contributed by atoms with Crippen molar-refractivity contribution in [3.63, 3.8) is 0 Å². The van der Waals surface area contributed by atoms with E-state index >= 15 is 0 Å². The summed E-state index contributed by atoms with van der Waals surface area (Å²) in [7, 11) is 1.59. The number of non-ortho nitro benzene ring substituents is 1. The zero-order valence-corrected chi connectivity index (χ0v) is 19.6. The molecule has 1 aromatic heterocycles. The minimum atomic E-state index is -0.489. The number of anilines is 1. The minimum absolute atomic E-state index is 0.0347. The minimum Gasteiger partial charge on any atom is -0.497 e. The number of amides is 2. The lowest BCUT2D eigenvalue weighted by atomic mass is 9.89. The lowest BCUT2D eigenvalue weighted by molar-refractivity contribution is -0.384. The maximum Gasteiger partial charge on any atom is 0.269 e. The van der Waals surface area contributed by atoms with Gasteiger partial charge in [-0.15, -0.1) is 0 Å². The van der Waals surface area contributed by atoms with Crippen molar-refractivity contribution in [3.8, 4) is 5.75 Å². The summed E-state index contributed by atoms with van der Waals surface area (Å²) < 4.78 is 5.16. The highest BCUT2D eigenvalue weighted by Crippen LogP contribution is 2.31. The number of carbonyl (C=O) groups is 2. The first kappa shape index (κ1) is 23.9. The van der Waals surface area contributed by atoms with E-state index in [0.717, 1.165) is 11.4 Å². The van der Waals surface area contributed by atoms with Crippen molar-refractivity contribution in [1.29, 1.82) is 0 Å². The highest BCUT2D eigenvalue weighted by molar-refractivity contribution is 6.05. The van der Waals surface area contributed by atoms with Gasteiger partial charge in [-0.3, -0.25) is 24.7 Å². The van der Waals surface area contributed by atoms with Gasteiger partial charge in [0.1, 0.15) is 5.75 Å². The van der Waals surface area contributed by atoms with Gasteiger partial charge in [0.15, 0.2) is 0 Å². The molecule has 0 aliphatic carbocycles. The summed E-state index contributed by atoms with van der Waals surface area (Å²) in [6, 6.07) is 16.4. The Kier molecular flexibility index (Phi) is 7.05. The van der Waals surface area contributed by atoms with E-state index in [1.165, 1.54) is 24.3 Å². The van der Waals surface area contributed by atoms with Crippen LogP contribution in [0.25, 0.3) is 0 Å². The largest absolute Gasteiger partial charge is 0.497 e. The summed E-state index contributed by atoms with van der Waals surface area (Å²) in [4.78, 5) is 42.7. The summed E-state index contributed by atoms with van der Waals surface area (Å²) in [5.74, 6) is 0.346. The lowest BCUT2D eigenvalue weighted by Gasteiger charge is -2.32. The summed E-state index contributed by atoms with van der Waals surface area (Å²) in [5, 5.41) is 13.8. The van der Waals surface area contributed by atoms with E-state index in [1.54, 1.807) is 42.3 Å². The predicted octanol–water partition coefficient (Wildman–Crippen LogP) is 4.58. The molecule has 2 amide bonds. The summed E-state index contributed by atoms with van der Waals surface area (Å²) in [6.45, 7) is 2.91. The first-order valence-electron chi connectivity index (χ1n) is 11.3. The molecule has 180 valence electrons. The molecule has 35 heavy (non-hydrogen) atoms. The van der Waals surface area contributed by atoms with Gasteiger partial charge in [-0.25, -0.2) is 0 Å². The molecule has 1 N–H and O–H groups in total. The molecule has 9 heteroatoms. The quantitative estimate of drug-likeness (QED) is 0.413. The molecule has 0 radical (unpaired) electrons. The molecule has 4 rings (SSSR count). The number of aryl methyl sites for hydroxylation is 1. The maximum absolute atomic E-state index is 13.1. The number of aromatic nitrogens is 1. The number of hydrogen-bond acceptors (Lipinski definition) is 6. The lowest BCUT2D eigenvalue weighted by Crippen LogP contribution is -2.38. The third-order valence-electron chi connectivity index (χ3n) is 6.15. The number of likely N-dealkylation sites (tertiary alicyclic amines) is 1. The number of hydrogen-bond donors (Lipinski definition) is 1. The van der Waals surface area contributed by atoms with Crippen molar-refractivity contribution < 1.29 is 19.2 Å². The smallest absolute Gasteiger partial charge is 0.269 e. The zero-order chi connectivity index (χ0) is 24.9. The molecule has 1 saturated heterocycles. The number of nitrogens with zero attached hydrogens (tertiary/aromatic N) is 3. The van der Waals surface area contributed by atoms with Crippen LogP contribution >= 0.6 is 0 Å². The molecular formula is C26H26N4O5. The third kappa shape index (κ3) is 5.46. The first-order chi connectivity index (χ1) is 16.9. The van der Waals surface area contributed by atoms with Gasteiger partial charge in [0.2, 0.25) is 0 Å². The van der Waals surface area contributed by atoms with Crippen molar-refractivity contribution in [2.24, 2.45) is 0 Å². The van der Waals surface area contributed by atoms with Gasteiger partial charge in [0.05, 0.1) is 23.3 Å². The number of carbonyl (C=O) groups excluding carboxylic acids is 2. The van der Waals surface area contributed by atoms with E-state index in [0.29, 0.717) is 48.5 Å². The van der Waals surface area contributed by atoms with Crippen molar-refractivity contribution in [1.82, 2.24) is 9.88 Å². The van der Waals surface area contributed by atoms with E-state index < -0.39 is 4.92 Å². The number of methoxy groups -OCH3 is 1. The number of benzene rings is 2. The van der Waals surface area contributed by atoms with Crippen LogP contribution in [-0.2, 0) is 0 Å². The fraction of sp³-hybridized carbons (Fsp3) is 0.269. The number of nitrogens with one attached hydrogen (secondary N) is 1. The van der Waals surface area contributed by atoms with Crippen LogP contribution in [0, 0.1) is 17.0 Å². The van der Waals surface area contributed by atoms with Gasteiger partial charge in [-0.2, -0.15) is 0 Å². The number of piperidine rings is 1. The topological polar surface area (TPSA) is 115 Å². The molecule has 2 aromatic carbocycles. The van der Waals surface area contributed by atoms with Crippen molar-refractivity contribution in [2.75, 3.05) is 25.5 Å². The molecule has 9 nitrogen and oxygen atoms in total. The second-order valence-corrected chi connectivity index (χ2v) is 8.44. The van der Waals surface area contributed by atoms with Crippen molar-refractivity contribution in [2.45, 2.75) is 25.7 Å². The Balaban J connectivity index is 1.45. The second kappa shape index (κ2) is 10.3. The zero-order valence-electron chi connectivity index (χ0n) is 19.6.